The predicted molar refractivity (Wildman–Crippen MR) is 437 cm³/mol. The lowest BCUT2D eigenvalue weighted by molar-refractivity contribution is -0.161. The molecule has 9 aromatic rings. The smallest absolute Gasteiger partial charge is 0.310 e. The zero-order chi connectivity index (χ0) is 82.0. The first-order chi connectivity index (χ1) is 57.1. The molecular weight excluding hydrogens is 1710 g/mol. The highest BCUT2D eigenvalue weighted by atomic mass is 79.9. The zero-order valence-electron chi connectivity index (χ0n) is 64.6. The molecule has 2 amide bonds. The number of halogens is 3. The quantitative estimate of drug-likeness (QED) is 0.0563. The van der Waals surface area contributed by atoms with Gasteiger partial charge in [-0.25, -0.2) is 0 Å². The van der Waals surface area contributed by atoms with Crippen LogP contribution in [0, 0.1) is 17.8 Å². The molecule has 12 heterocycles. The fourth-order valence-electron chi connectivity index (χ4n) is 21.9. The van der Waals surface area contributed by atoms with Crippen LogP contribution in [0.5, 0.6) is 34.5 Å². The second-order valence-corrected chi connectivity index (χ2v) is 35.2. The van der Waals surface area contributed by atoms with Crippen molar-refractivity contribution in [3.63, 3.8) is 0 Å². The summed E-state index contributed by atoms with van der Waals surface area (Å²) in [5.74, 6) is -5.66. The number of amides is 2. The first-order valence-corrected chi connectivity index (χ1v) is 42.2. The van der Waals surface area contributed by atoms with Gasteiger partial charge in [-0.2, -0.15) is 0 Å². The van der Waals surface area contributed by atoms with Crippen molar-refractivity contribution in [3.05, 3.63) is 264 Å². The number of rotatable bonds is 12. The average Bonchev–Trinajstić information content (AvgIpc) is 1.50. The maximum atomic E-state index is 14.6. The molecule has 21 atom stereocenters. The molecule has 3 aliphatic carbocycles. The summed E-state index contributed by atoms with van der Waals surface area (Å²) in [7, 11) is 4.40. The van der Waals surface area contributed by atoms with Crippen molar-refractivity contribution in [2.45, 2.75) is 144 Å². The van der Waals surface area contributed by atoms with Gasteiger partial charge in [-0.15, -0.1) is 0 Å². The summed E-state index contributed by atoms with van der Waals surface area (Å²) in [4.78, 5) is 58.2. The number of benzene rings is 6. The van der Waals surface area contributed by atoms with Crippen molar-refractivity contribution in [2.75, 3.05) is 61.0 Å². The second kappa shape index (κ2) is 31.2. The van der Waals surface area contributed by atoms with E-state index in [0.717, 1.165) is 63.4 Å². The van der Waals surface area contributed by atoms with Gasteiger partial charge in [-0.3, -0.25) is 29.3 Å². The van der Waals surface area contributed by atoms with Crippen LogP contribution in [-0.4, -0.2) is 194 Å². The van der Waals surface area contributed by atoms with E-state index in [4.69, 9.17) is 42.6 Å². The van der Waals surface area contributed by atoms with Crippen LogP contribution < -0.4 is 33.7 Å². The minimum Gasteiger partial charge on any atom is -0.495 e. The zero-order valence-corrected chi connectivity index (χ0v) is 69.4. The molecule has 614 valence electrons. The Morgan fingerprint density at radius 3 is 0.958 bits per heavy atom. The fourth-order valence-corrected chi connectivity index (χ4v) is 22.7. The second-order valence-electron chi connectivity index (χ2n) is 32.4. The number of carbonyl (C=O) groups excluding carboxylic acids is 2. The largest absolute Gasteiger partial charge is 0.495 e. The fraction of sp³-hybridized carbons (Fsp3) is 0.400. The number of aliphatic hydroxyl groups excluding tert-OH is 3. The van der Waals surface area contributed by atoms with E-state index in [1.54, 1.807) is 48.5 Å². The van der Waals surface area contributed by atoms with Crippen LogP contribution in [-0.2, 0) is 62.2 Å². The molecule has 28 heteroatoms. The van der Waals surface area contributed by atoms with Gasteiger partial charge in [0.2, 0.25) is 11.8 Å². The number of aromatic nitrogens is 3. The number of carbonyl (C=O) groups is 3. The highest BCUT2D eigenvalue weighted by molar-refractivity contribution is 9.11. The Labute approximate surface area is 705 Å². The first-order valence-electron chi connectivity index (χ1n) is 39.8. The number of aliphatic hydroxyl groups is 6. The van der Waals surface area contributed by atoms with E-state index in [1.807, 2.05) is 125 Å². The van der Waals surface area contributed by atoms with Gasteiger partial charge >= 0.3 is 5.97 Å². The van der Waals surface area contributed by atoms with Gasteiger partial charge in [0.15, 0.2) is 33.6 Å². The van der Waals surface area contributed by atoms with Gasteiger partial charge in [0, 0.05) is 43.3 Å². The van der Waals surface area contributed by atoms with E-state index in [9.17, 15) is 50.1 Å². The lowest BCUT2D eigenvalue weighted by Gasteiger charge is -2.41. The van der Waals surface area contributed by atoms with Gasteiger partial charge in [-0.1, -0.05) is 175 Å². The monoisotopic (exact) mass is 1790 g/mol. The van der Waals surface area contributed by atoms with E-state index in [1.165, 1.54) is 71.4 Å². The molecule has 0 unspecified atom stereocenters. The maximum Gasteiger partial charge on any atom is 0.310 e. The molecule has 25 nitrogen and oxygen atoms in total. The van der Waals surface area contributed by atoms with Crippen LogP contribution in [0.1, 0.15) is 106 Å². The number of nitrogens with one attached hydrogen (secondary N) is 1. The predicted octanol–water partition coefficient (Wildman–Crippen LogP) is 10.3. The van der Waals surface area contributed by atoms with Crippen LogP contribution in [0.15, 0.2) is 214 Å². The number of hydrogen-bond donors (Lipinski definition) is 8. The molecular formula is C90H89Br3N6O19. The number of hydrogen-bond acceptors (Lipinski definition) is 22. The lowest BCUT2D eigenvalue weighted by atomic mass is 9.70. The van der Waals surface area contributed by atoms with Crippen LogP contribution in [0.3, 0.4) is 0 Å². The number of pyridine rings is 3. The molecule has 3 aromatic heterocycles. The summed E-state index contributed by atoms with van der Waals surface area (Å²) >= 11 is 10.4. The Balaban J connectivity index is 0.000000117. The summed E-state index contributed by atoms with van der Waals surface area (Å²) in [6.45, 7) is 3.78. The SMILES string of the molecule is C1C[C@H]2COC[C@@H]1N2.COc1cncc2c1[C@]1(O)[C@H](O)[C@H](C(=O)N3[C@@H]4CC[C@H]3COC4)[C@@H](c3ccccc3)[C@]1(c1ccc(Br)cc1)O2.COc1cncc2c1[C@]1(O)[C@H](O)[C@H](C(=O)N3[C@@H]4CC[C@H]3COC4)[C@@H](c3ccccc3)[C@]1(c1ccc(Br)cc1)O2.COc1cncc2c1[C@]1(O)[C@H](O)[C@H](C(=O)O)[C@@H](c3ccccc3)[C@]1(c1ccc(Br)cc1)O2. The van der Waals surface area contributed by atoms with Crippen LogP contribution in [0.25, 0.3) is 0 Å². The number of carboxylic acid groups (broad SMARTS) is 1. The van der Waals surface area contributed by atoms with Gasteiger partial charge in [-0.05, 0) is 108 Å². The summed E-state index contributed by atoms with van der Waals surface area (Å²) < 4.78 is 56.1. The van der Waals surface area contributed by atoms with Crippen LogP contribution in [0.4, 0.5) is 0 Å². The number of fused-ring (bicyclic) bond motifs is 15. The van der Waals surface area contributed by atoms with Crippen molar-refractivity contribution in [3.8, 4) is 34.5 Å². The Morgan fingerprint density at radius 1 is 0.398 bits per heavy atom. The Morgan fingerprint density at radius 2 is 0.678 bits per heavy atom. The molecule has 12 aliphatic rings. The van der Waals surface area contributed by atoms with Gasteiger partial charge in [0.25, 0.3) is 0 Å². The third-order valence-corrected chi connectivity index (χ3v) is 28.3. The summed E-state index contributed by atoms with van der Waals surface area (Å²) in [5, 5.41) is 87.9. The van der Waals surface area contributed by atoms with Crippen molar-refractivity contribution < 1.29 is 92.8 Å². The van der Waals surface area contributed by atoms with E-state index in [-0.39, 0.29) is 53.0 Å². The Bertz CT molecular complexity index is 4990. The molecule has 3 saturated carbocycles. The van der Waals surface area contributed by atoms with Crippen molar-refractivity contribution in [1.29, 1.82) is 0 Å². The van der Waals surface area contributed by atoms with E-state index in [2.05, 4.69) is 68.1 Å². The van der Waals surface area contributed by atoms with E-state index < -0.39 is 93.4 Å². The van der Waals surface area contributed by atoms with Crippen molar-refractivity contribution >= 4 is 65.6 Å². The average molecular weight is 1800 g/mol. The number of aliphatic carboxylic acids is 1. The Hall–Kier alpha value is -8.98. The molecule has 118 heavy (non-hydrogen) atoms. The van der Waals surface area contributed by atoms with Crippen LogP contribution in [0.2, 0.25) is 0 Å². The third kappa shape index (κ3) is 12.0. The van der Waals surface area contributed by atoms with Gasteiger partial charge in [0.05, 0.1) is 157 Å². The third-order valence-electron chi connectivity index (χ3n) is 26.8. The van der Waals surface area contributed by atoms with Gasteiger partial charge < -0.3 is 93.5 Å². The lowest BCUT2D eigenvalue weighted by Crippen LogP contribution is -2.54. The number of morpholine rings is 3. The van der Waals surface area contributed by atoms with Crippen molar-refractivity contribution in [1.82, 2.24) is 30.1 Å². The molecule has 6 aromatic carbocycles. The molecule has 8 N–H and O–H groups in total. The number of methoxy groups -OCH3 is 3. The van der Waals surface area contributed by atoms with E-state index in [0.29, 0.717) is 94.9 Å². The number of ether oxygens (including phenoxy) is 9. The summed E-state index contributed by atoms with van der Waals surface area (Å²) in [6.07, 6.45) is 10.3. The van der Waals surface area contributed by atoms with E-state index >= 15 is 0 Å². The molecule has 6 saturated heterocycles. The van der Waals surface area contributed by atoms with Crippen LogP contribution >= 0.6 is 47.8 Å². The molecule has 0 radical (unpaired) electrons. The summed E-state index contributed by atoms with van der Waals surface area (Å²) in [6, 6.07) is 51.3. The Kier molecular flexibility index (Phi) is 21.2. The van der Waals surface area contributed by atoms with Gasteiger partial charge in [0.1, 0.15) is 52.8 Å². The number of nitrogens with zero attached hydrogens (tertiary/aromatic N) is 5. The number of carboxylic acids is 1. The molecule has 21 rings (SSSR count). The molecule has 0 spiro atoms. The highest BCUT2D eigenvalue weighted by Crippen LogP contribution is 2.74. The molecule has 9 fully saturated rings. The standard InChI is InChI=1S/2C30H29BrN2O6.C24H20BrNO6.C6H11NO/c2*1-37-22-13-32-14-23-26(22)29(36)27(34)24(28(35)33-20-11-12-21(33)16-38-15-20)25(17-5-3-2-4-6-17)30(29,39-23)18-7-9-19(31)10-8-18;1-31-16-11-26-12-17-20(16)23(30)21(27)18(22(28)29)19(13-5-3-2-4-6-13)24(23,32-17)14-7-9-15(25)10-8-14;1-2-6-4-8-3-5(1)7-6/h2*2-10,13-14,20-21,24-25,27,34,36H,11-12,15-16H2,1H3;2-12,18-19,21,27,30H,1H3,(H,28,29);5-7H,1-4H2/t2*20-,21+,24-,25-,27-,29+,30+;18-,19-,21-,23+,24+;5-,6+/m111./s1. The minimum atomic E-state index is -2.12. The topological polar surface area (TPSA) is 333 Å². The highest BCUT2D eigenvalue weighted by Gasteiger charge is 2.82. The van der Waals surface area contributed by atoms with Crippen molar-refractivity contribution in [2.24, 2.45) is 17.8 Å². The first kappa shape index (κ1) is 80.1. The molecule has 9 aliphatic heterocycles. The normalized spacial score (nSPS) is 34.0. The molecule has 6 bridgehead atoms. The minimum absolute atomic E-state index is 0.0504. The summed E-state index contributed by atoms with van der Waals surface area (Å²) in [5.41, 5.74) is -6.09. The maximum absolute atomic E-state index is 14.6.